The fourth-order valence-corrected chi connectivity index (χ4v) is 1.92. The molecule has 22 heavy (non-hydrogen) atoms. The average molecular weight is 310 g/mol. The van der Waals surface area contributed by atoms with Crippen LogP contribution >= 0.6 is 0 Å². The molecule has 0 aliphatic carbocycles. The highest BCUT2D eigenvalue weighted by Crippen LogP contribution is 2.00. The topological polar surface area (TPSA) is 58.2 Å². The smallest absolute Gasteiger partial charge is 0.220 e. The van der Waals surface area contributed by atoms with Crippen LogP contribution in [0.5, 0.6) is 0 Å². The molecule has 1 amide bonds. The van der Waals surface area contributed by atoms with Gasteiger partial charge in [-0.25, -0.2) is 0 Å². The number of hydrogen-bond donors (Lipinski definition) is 2. The van der Waals surface area contributed by atoms with Gasteiger partial charge in [0.1, 0.15) is 0 Å². The first kappa shape index (κ1) is 20.8. The largest absolute Gasteiger partial charge is 0.356 e. The lowest BCUT2D eigenvalue weighted by Gasteiger charge is -2.07. The Morgan fingerprint density at radius 3 is 2.18 bits per heavy atom. The molecule has 0 spiro atoms. The summed E-state index contributed by atoms with van der Waals surface area (Å²) in [6.45, 7) is 9.89. The second kappa shape index (κ2) is 13.5. The molecule has 0 aliphatic rings. The van der Waals surface area contributed by atoms with Gasteiger partial charge in [-0.15, -0.1) is 0 Å². The molecule has 4 nitrogen and oxygen atoms in total. The van der Waals surface area contributed by atoms with Crippen molar-refractivity contribution < 1.29 is 9.59 Å². The molecule has 2 N–H and O–H groups in total. The van der Waals surface area contributed by atoms with E-state index >= 15 is 0 Å². The quantitative estimate of drug-likeness (QED) is 0.405. The van der Waals surface area contributed by atoms with Gasteiger partial charge in [0.15, 0.2) is 5.78 Å². The van der Waals surface area contributed by atoms with E-state index < -0.39 is 0 Å². The van der Waals surface area contributed by atoms with Gasteiger partial charge in [0.05, 0.1) is 0 Å². The van der Waals surface area contributed by atoms with Gasteiger partial charge in [0.25, 0.3) is 0 Å². The Morgan fingerprint density at radius 2 is 1.59 bits per heavy atom. The highest BCUT2D eigenvalue weighted by Gasteiger charge is 2.02. The Kier molecular flexibility index (Phi) is 12.8. The molecule has 0 aliphatic heterocycles. The molecule has 0 bridgehead atoms. The van der Waals surface area contributed by atoms with Crippen LogP contribution in [0.15, 0.2) is 12.2 Å². The predicted molar refractivity (Wildman–Crippen MR) is 92.8 cm³/mol. The zero-order valence-electron chi connectivity index (χ0n) is 14.8. The molecule has 4 heteroatoms. The van der Waals surface area contributed by atoms with Crippen LogP contribution in [-0.2, 0) is 9.59 Å². The van der Waals surface area contributed by atoms with Gasteiger partial charge in [0.2, 0.25) is 5.91 Å². The second-order valence-corrected chi connectivity index (χ2v) is 6.37. The third-order valence-corrected chi connectivity index (χ3v) is 3.37. The number of hydrogen-bond acceptors (Lipinski definition) is 3. The van der Waals surface area contributed by atoms with E-state index in [-0.39, 0.29) is 17.6 Å². The van der Waals surface area contributed by atoms with Crippen LogP contribution in [0.4, 0.5) is 0 Å². The number of carbonyl (C=O) groups is 2. The minimum atomic E-state index is 0.0285. The molecular formula is C18H34N2O2. The highest BCUT2D eigenvalue weighted by atomic mass is 16.1. The fraction of sp³-hybridized carbons (Fsp3) is 0.778. The van der Waals surface area contributed by atoms with Crippen molar-refractivity contribution in [3.63, 3.8) is 0 Å². The number of carbonyl (C=O) groups excluding carboxylic acids is 2. The van der Waals surface area contributed by atoms with E-state index in [2.05, 4.69) is 24.5 Å². The second-order valence-electron chi connectivity index (χ2n) is 6.37. The van der Waals surface area contributed by atoms with E-state index in [0.29, 0.717) is 18.9 Å². The Bertz CT molecular complexity index is 336. The summed E-state index contributed by atoms with van der Waals surface area (Å²) in [4.78, 5) is 22.9. The van der Waals surface area contributed by atoms with Crippen molar-refractivity contribution in [3.05, 3.63) is 12.2 Å². The molecule has 128 valence electrons. The molecule has 0 heterocycles. The number of allylic oxidation sites excluding steroid dienone is 2. The zero-order valence-corrected chi connectivity index (χ0v) is 14.8. The van der Waals surface area contributed by atoms with Crippen LogP contribution in [0.2, 0.25) is 0 Å². The first-order chi connectivity index (χ1) is 10.4. The summed E-state index contributed by atoms with van der Waals surface area (Å²) in [5, 5.41) is 6.33. The molecule has 0 radical (unpaired) electrons. The standard InChI is InChI=1S/C18H34N2O2/c1-15(2)17(21)11-7-8-12-18(22)20-14-10-6-5-9-13-19-16(3)4/h7,11,15-16,19H,5-6,8-10,12-14H2,1-4H3,(H,20,22)/b11-7+. The van der Waals surface area contributed by atoms with Crippen molar-refractivity contribution in [3.8, 4) is 0 Å². The van der Waals surface area contributed by atoms with Crippen LogP contribution in [0.1, 0.15) is 66.2 Å². The van der Waals surface area contributed by atoms with Crippen LogP contribution in [0.25, 0.3) is 0 Å². The molecule has 0 saturated carbocycles. The lowest BCUT2D eigenvalue weighted by Crippen LogP contribution is -2.24. The molecule has 0 aromatic carbocycles. The predicted octanol–water partition coefficient (Wildman–Crippen LogP) is 3.22. The maximum atomic E-state index is 11.6. The summed E-state index contributed by atoms with van der Waals surface area (Å²) in [5.74, 6) is 0.219. The van der Waals surface area contributed by atoms with E-state index in [4.69, 9.17) is 0 Å². The van der Waals surface area contributed by atoms with E-state index in [1.165, 1.54) is 12.8 Å². The average Bonchev–Trinajstić information content (AvgIpc) is 2.45. The van der Waals surface area contributed by atoms with E-state index in [1.807, 2.05) is 13.8 Å². The zero-order chi connectivity index (χ0) is 16.8. The summed E-state index contributed by atoms with van der Waals surface area (Å²) in [7, 11) is 0. The number of unbranched alkanes of at least 4 members (excludes halogenated alkanes) is 3. The normalized spacial score (nSPS) is 11.5. The van der Waals surface area contributed by atoms with E-state index in [9.17, 15) is 9.59 Å². The lowest BCUT2D eigenvalue weighted by atomic mass is 10.1. The van der Waals surface area contributed by atoms with Crippen molar-refractivity contribution >= 4 is 11.7 Å². The van der Waals surface area contributed by atoms with Crippen LogP contribution in [0.3, 0.4) is 0 Å². The minimum absolute atomic E-state index is 0.0285. The van der Waals surface area contributed by atoms with E-state index in [1.54, 1.807) is 12.2 Å². The Hall–Kier alpha value is -1.16. The van der Waals surface area contributed by atoms with Gasteiger partial charge in [-0.2, -0.15) is 0 Å². The SMILES string of the molecule is CC(C)NCCCCCCNC(=O)CC/C=C/C(=O)C(C)C. The van der Waals surface area contributed by atoms with Crippen molar-refractivity contribution in [1.29, 1.82) is 0 Å². The highest BCUT2D eigenvalue weighted by molar-refractivity contribution is 5.91. The van der Waals surface area contributed by atoms with Crippen LogP contribution in [0, 0.1) is 5.92 Å². The van der Waals surface area contributed by atoms with Gasteiger partial charge in [-0.05, 0) is 31.9 Å². The third kappa shape index (κ3) is 13.8. The van der Waals surface area contributed by atoms with Gasteiger partial charge < -0.3 is 10.6 Å². The van der Waals surface area contributed by atoms with Gasteiger partial charge in [-0.3, -0.25) is 9.59 Å². The van der Waals surface area contributed by atoms with Crippen molar-refractivity contribution in [1.82, 2.24) is 10.6 Å². The number of rotatable bonds is 13. The van der Waals surface area contributed by atoms with Gasteiger partial charge >= 0.3 is 0 Å². The maximum Gasteiger partial charge on any atom is 0.220 e. The molecule has 0 fully saturated rings. The molecule has 0 atom stereocenters. The minimum Gasteiger partial charge on any atom is -0.356 e. The summed E-state index contributed by atoms with van der Waals surface area (Å²) in [6, 6.07) is 0.559. The Morgan fingerprint density at radius 1 is 0.955 bits per heavy atom. The summed E-state index contributed by atoms with van der Waals surface area (Å²) in [6.07, 6.45) is 9.06. The fourth-order valence-electron chi connectivity index (χ4n) is 1.92. The lowest BCUT2D eigenvalue weighted by molar-refractivity contribution is -0.121. The van der Waals surface area contributed by atoms with E-state index in [0.717, 1.165) is 25.9 Å². The van der Waals surface area contributed by atoms with Crippen molar-refractivity contribution in [2.24, 2.45) is 5.92 Å². The summed E-state index contributed by atoms with van der Waals surface area (Å²) >= 11 is 0. The van der Waals surface area contributed by atoms with Gasteiger partial charge in [0, 0.05) is 24.9 Å². The third-order valence-electron chi connectivity index (χ3n) is 3.37. The number of nitrogens with one attached hydrogen (secondary N) is 2. The molecule has 0 aromatic heterocycles. The summed E-state index contributed by atoms with van der Waals surface area (Å²) < 4.78 is 0. The molecule has 0 aromatic rings. The number of amides is 1. The first-order valence-corrected chi connectivity index (χ1v) is 8.64. The van der Waals surface area contributed by atoms with Crippen LogP contribution in [-0.4, -0.2) is 30.8 Å². The Labute approximate surface area is 136 Å². The molecule has 0 rings (SSSR count). The number of ketones is 1. The molecule has 0 unspecified atom stereocenters. The van der Waals surface area contributed by atoms with Crippen molar-refractivity contribution in [2.45, 2.75) is 72.3 Å². The van der Waals surface area contributed by atoms with Crippen molar-refractivity contribution in [2.75, 3.05) is 13.1 Å². The molecular weight excluding hydrogens is 276 g/mol. The van der Waals surface area contributed by atoms with Crippen LogP contribution < -0.4 is 10.6 Å². The van der Waals surface area contributed by atoms with Gasteiger partial charge in [-0.1, -0.05) is 46.6 Å². The monoisotopic (exact) mass is 310 g/mol. The Balaban J connectivity index is 3.42. The maximum absolute atomic E-state index is 11.6. The molecule has 0 saturated heterocycles. The first-order valence-electron chi connectivity index (χ1n) is 8.64. The summed E-state index contributed by atoms with van der Waals surface area (Å²) in [5.41, 5.74) is 0.